The van der Waals surface area contributed by atoms with Gasteiger partial charge in [0.2, 0.25) is 0 Å². The van der Waals surface area contributed by atoms with E-state index in [1.807, 2.05) is 30.5 Å². The fourth-order valence-corrected chi connectivity index (χ4v) is 4.35. The molecule has 6 nitrogen and oxygen atoms in total. The molecule has 1 aliphatic rings. The maximum Gasteiger partial charge on any atom is 0.190 e. The van der Waals surface area contributed by atoms with Crippen molar-refractivity contribution in [3.8, 4) is 11.3 Å². The van der Waals surface area contributed by atoms with E-state index in [2.05, 4.69) is 37.3 Å². The zero-order valence-corrected chi connectivity index (χ0v) is 16.2. The number of nitrogens with one attached hydrogen (secondary N) is 1. The minimum atomic E-state index is 0.806. The summed E-state index contributed by atoms with van der Waals surface area (Å²) in [4.78, 5) is 21.3. The Morgan fingerprint density at radius 2 is 1.82 bits per heavy atom. The molecule has 1 fully saturated rings. The van der Waals surface area contributed by atoms with Crippen LogP contribution >= 0.6 is 11.3 Å². The van der Waals surface area contributed by atoms with Crippen LogP contribution in [-0.2, 0) is 6.54 Å². The second-order valence-corrected chi connectivity index (χ2v) is 7.91. The lowest BCUT2D eigenvalue weighted by atomic mass is 10.2. The summed E-state index contributed by atoms with van der Waals surface area (Å²) < 4.78 is 0. The predicted octanol–water partition coefficient (Wildman–Crippen LogP) is 4.49. The number of aromatic nitrogens is 4. The van der Waals surface area contributed by atoms with Crippen LogP contribution in [-0.4, -0.2) is 37.9 Å². The number of nitrogens with zero attached hydrogens (tertiary/aromatic N) is 5. The van der Waals surface area contributed by atoms with E-state index in [9.17, 15) is 0 Å². The first-order valence-electron chi connectivity index (χ1n) is 9.46. The molecule has 0 atom stereocenters. The van der Waals surface area contributed by atoms with Crippen molar-refractivity contribution in [2.24, 2.45) is 0 Å². The number of likely N-dealkylation sites (tertiary alicyclic amines) is 1. The molecule has 4 aromatic rings. The molecule has 0 unspecified atom stereocenters. The fourth-order valence-electron chi connectivity index (χ4n) is 3.50. The number of hydrogen-bond acceptors (Lipinski definition) is 7. The van der Waals surface area contributed by atoms with Crippen LogP contribution in [0.3, 0.4) is 0 Å². The molecule has 28 heavy (non-hydrogen) atoms. The van der Waals surface area contributed by atoms with E-state index in [-0.39, 0.29) is 0 Å². The zero-order valence-electron chi connectivity index (χ0n) is 15.4. The van der Waals surface area contributed by atoms with Crippen molar-refractivity contribution in [3.63, 3.8) is 0 Å². The van der Waals surface area contributed by atoms with Gasteiger partial charge in [-0.2, -0.15) is 0 Å². The van der Waals surface area contributed by atoms with Crippen molar-refractivity contribution in [2.45, 2.75) is 19.4 Å². The van der Waals surface area contributed by atoms with Crippen LogP contribution in [0.4, 0.5) is 10.9 Å². The first-order chi connectivity index (χ1) is 13.8. The van der Waals surface area contributed by atoms with Crippen LogP contribution in [0.15, 0.2) is 55.0 Å². The number of rotatable bonds is 5. The van der Waals surface area contributed by atoms with E-state index in [1.54, 1.807) is 23.7 Å². The molecular formula is C21H20N6S. The lowest BCUT2D eigenvalue weighted by Gasteiger charge is -2.14. The molecule has 0 aromatic carbocycles. The van der Waals surface area contributed by atoms with E-state index < -0.39 is 0 Å². The Balaban J connectivity index is 1.36. The van der Waals surface area contributed by atoms with Gasteiger partial charge in [-0.3, -0.25) is 9.88 Å². The monoisotopic (exact) mass is 388 g/mol. The zero-order chi connectivity index (χ0) is 18.8. The van der Waals surface area contributed by atoms with E-state index in [4.69, 9.17) is 4.98 Å². The largest absolute Gasteiger partial charge is 0.316 e. The second kappa shape index (κ2) is 7.61. The molecule has 0 radical (unpaired) electrons. The Kier molecular flexibility index (Phi) is 4.68. The normalized spacial score (nSPS) is 14.6. The highest BCUT2D eigenvalue weighted by Gasteiger charge is 2.13. The Morgan fingerprint density at radius 1 is 0.964 bits per heavy atom. The molecule has 1 saturated heterocycles. The maximum absolute atomic E-state index is 4.75. The number of pyridine rings is 3. The highest BCUT2D eigenvalue weighted by Crippen LogP contribution is 2.29. The van der Waals surface area contributed by atoms with Gasteiger partial charge in [0, 0.05) is 30.7 Å². The number of fused-ring (bicyclic) bond motifs is 1. The summed E-state index contributed by atoms with van der Waals surface area (Å²) >= 11 is 1.54. The van der Waals surface area contributed by atoms with Gasteiger partial charge < -0.3 is 5.32 Å². The average molecular weight is 388 g/mol. The van der Waals surface area contributed by atoms with Gasteiger partial charge >= 0.3 is 0 Å². The molecule has 1 N–H and O–H groups in total. The van der Waals surface area contributed by atoms with Crippen molar-refractivity contribution < 1.29 is 0 Å². The third-order valence-corrected chi connectivity index (χ3v) is 5.78. The van der Waals surface area contributed by atoms with E-state index in [1.165, 1.54) is 31.5 Å². The summed E-state index contributed by atoms with van der Waals surface area (Å²) in [5.74, 6) is 0.824. The summed E-state index contributed by atoms with van der Waals surface area (Å²) in [6.07, 6.45) is 8.02. The van der Waals surface area contributed by atoms with Gasteiger partial charge in [-0.05, 0) is 67.9 Å². The summed E-state index contributed by atoms with van der Waals surface area (Å²) in [6.45, 7) is 3.36. The van der Waals surface area contributed by atoms with Crippen molar-refractivity contribution in [2.75, 3.05) is 18.4 Å². The predicted molar refractivity (Wildman–Crippen MR) is 113 cm³/mol. The highest BCUT2D eigenvalue weighted by molar-refractivity contribution is 7.21. The van der Waals surface area contributed by atoms with Crippen molar-refractivity contribution in [1.29, 1.82) is 0 Å². The Bertz CT molecular complexity index is 1090. The van der Waals surface area contributed by atoms with Crippen LogP contribution in [0.2, 0.25) is 0 Å². The summed E-state index contributed by atoms with van der Waals surface area (Å²) in [5, 5.41) is 4.15. The van der Waals surface area contributed by atoms with Gasteiger partial charge in [0.25, 0.3) is 0 Å². The van der Waals surface area contributed by atoms with Crippen molar-refractivity contribution in [3.05, 3.63) is 60.6 Å². The van der Waals surface area contributed by atoms with Gasteiger partial charge in [-0.25, -0.2) is 15.0 Å². The van der Waals surface area contributed by atoms with Crippen LogP contribution in [0.1, 0.15) is 18.4 Å². The molecule has 0 amide bonds. The SMILES string of the molecule is c1cc(-c2ccc3nc(Nc4cc(CN5CCCC5)ccn4)sc3n2)ccn1. The number of thiazole rings is 1. The quantitative estimate of drug-likeness (QED) is 0.543. The van der Waals surface area contributed by atoms with E-state index in [0.29, 0.717) is 0 Å². The van der Waals surface area contributed by atoms with Crippen LogP contribution in [0.25, 0.3) is 21.6 Å². The molecule has 0 bridgehead atoms. The number of hydrogen-bond donors (Lipinski definition) is 1. The van der Waals surface area contributed by atoms with Gasteiger partial charge in [0.1, 0.15) is 16.2 Å². The topological polar surface area (TPSA) is 66.8 Å². The fraction of sp³-hybridized carbons (Fsp3) is 0.238. The molecular weight excluding hydrogens is 368 g/mol. The number of anilines is 2. The smallest absolute Gasteiger partial charge is 0.190 e. The minimum Gasteiger partial charge on any atom is -0.316 e. The van der Waals surface area contributed by atoms with E-state index >= 15 is 0 Å². The van der Waals surface area contributed by atoms with Crippen molar-refractivity contribution in [1.82, 2.24) is 24.8 Å². The molecule has 0 spiro atoms. The standard InChI is InChI=1S/C21H20N6S/c1-2-12-27(11-1)14-15-5-10-23-19(13-15)26-21-25-18-4-3-17(24-20(18)28-21)16-6-8-22-9-7-16/h3-10,13H,1-2,11-12,14H2,(H,23,25,26). The van der Waals surface area contributed by atoms with Crippen LogP contribution in [0, 0.1) is 0 Å². The molecule has 7 heteroatoms. The molecule has 140 valence electrons. The lowest BCUT2D eigenvalue weighted by Crippen LogP contribution is -2.18. The summed E-state index contributed by atoms with van der Waals surface area (Å²) in [5.41, 5.74) is 4.14. The molecule has 4 aromatic heterocycles. The Hall–Kier alpha value is -2.90. The highest BCUT2D eigenvalue weighted by atomic mass is 32.1. The van der Waals surface area contributed by atoms with Gasteiger partial charge in [0.05, 0.1) is 5.69 Å². The Morgan fingerprint density at radius 3 is 2.68 bits per heavy atom. The molecule has 5 heterocycles. The average Bonchev–Trinajstić information content (AvgIpc) is 3.37. The maximum atomic E-state index is 4.75. The second-order valence-electron chi connectivity index (χ2n) is 6.93. The minimum absolute atomic E-state index is 0.806. The van der Waals surface area contributed by atoms with Crippen LogP contribution in [0.5, 0.6) is 0 Å². The first kappa shape index (κ1) is 17.2. The molecule has 1 aliphatic heterocycles. The summed E-state index contributed by atoms with van der Waals surface area (Å²) in [7, 11) is 0. The van der Waals surface area contributed by atoms with E-state index in [0.717, 1.165) is 39.1 Å². The first-order valence-corrected chi connectivity index (χ1v) is 10.3. The van der Waals surface area contributed by atoms with Gasteiger partial charge in [-0.15, -0.1) is 0 Å². The molecule has 0 saturated carbocycles. The third-order valence-electron chi connectivity index (χ3n) is 4.90. The third kappa shape index (κ3) is 3.72. The van der Waals surface area contributed by atoms with Gasteiger partial charge in [0.15, 0.2) is 5.13 Å². The van der Waals surface area contributed by atoms with Crippen LogP contribution < -0.4 is 5.32 Å². The van der Waals surface area contributed by atoms with Gasteiger partial charge in [-0.1, -0.05) is 11.3 Å². The summed E-state index contributed by atoms with van der Waals surface area (Å²) in [6, 6.07) is 12.1. The molecule has 0 aliphatic carbocycles. The molecule has 5 rings (SSSR count). The van der Waals surface area contributed by atoms with Crippen molar-refractivity contribution >= 4 is 32.6 Å². The lowest BCUT2D eigenvalue weighted by molar-refractivity contribution is 0.331. The Labute approximate surface area is 167 Å².